The first-order valence-corrected chi connectivity index (χ1v) is 10.0. The Bertz CT molecular complexity index is 748. The van der Waals surface area contributed by atoms with E-state index in [-0.39, 0.29) is 5.91 Å². The number of piperidine rings is 1. The summed E-state index contributed by atoms with van der Waals surface area (Å²) in [4.78, 5) is 17.0. The molecule has 1 aliphatic heterocycles. The van der Waals surface area contributed by atoms with Crippen LogP contribution in [-0.2, 0) is 4.79 Å². The van der Waals surface area contributed by atoms with Gasteiger partial charge in [-0.2, -0.15) is 0 Å². The van der Waals surface area contributed by atoms with Crippen LogP contribution in [-0.4, -0.2) is 32.1 Å². The van der Waals surface area contributed by atoms with Gasteiger partial charge in [-0.15, -0.1) is 0 Å². The molecule has 144 valence electrons. The third-order valence-corrected chi connectivity index (χ3v) is 5.38. The molecule has 0 aliphatic carbocycles. The molecule has 1 heterocycles. The maximum Gasteiger partial charge on any atom is 0.243 e. The lowest BCUT2D eigenvalue weighted by molar-refractivity contribution is -0.115. The van der Waals surface area contributed by atoms with Gasteiger partial charge < -0.3 is 15.1 Å². The molecule has 1 N–H and O–H groups in total. The van der Waals surface area contributed by atoms with Crippen molar-refractivity contribution in [2.75, 3.05) is 41.3 Å². The fourth-order valence-corrected chi connectivity index (χ4v) is 3.61. The maximum atomic E-state index is 12.5. The molecule has 1 saturated heterocycles. The molecular formula is C23H31N3O. The second-order valence-electron chi connectivity index (χ2n) is 7.62. The van der Waals surface area contributed by atoms with E-state index in [0.717, 1.165) is 36.9 Å². The largest absolute Gasteiger partial charge is 0.372 e. The molecule has 2 aromatic rings. The Labute approximate surface area is 163 Å². The molecule has 3 rings (SSSR count). The van der Waals surface area contributed by atoms with Crippen molar-refractivity contribution in [2.45, 2.75) is 33.6 Å². The van der Waals surface area contributed by atoms with Crippen molar-refractivity contribution in [2.24, 2.45) is 5.92 Å². The predicted octanol–water partition coefficient (Wildman–Crippen LogP) is 4.70. The minimum Gasteiger partial charge on any atom is -0.372 e. The first-order valence-electron chi connectivity index (χ1n) is 10.0. The summed E-state index contributed by atoms with van der Waals surface area (Å²) in [6.45, 7) is 9.86. The van der Waals surface area contributed by atoms with Crippen LogP contribution in [0.2, 0.25) is 0 Å². The van der Waals surface area contributed by atoms with Crippen LogP contribution in [0.3, 0.4) is 0 Å². The third kappa shape index (κ3) is 5.25. The minimum absolute atomic E-state index is 0.0119. The molecule has 0 spiro atoms. The first-order chi connectivity index (χ1) is 13.0. The van der Waals surface area contributed by atoms with Crippen molar-refractivity contribution in [3.8, 4) is 0 Å². The van der Waals surface area contributed by atoms with Crippen molar-refractivity contribution < 1.29 is 4.79 Å². The van der Waals surface area contributed by atoms with Gasteiger partial charge in [0.1, 0.15) is 0 Å². The molecule has 4 heteroatoms. The third-order valence-electron chi connectivity index (χ3n) is 5.38. The van der Waals surface area contributed by atoms with E-state index in [1.807, 2.05) is 18.2 Å². The van der Waals surface area contributed by atoms with Gasteiger partial charge in [-0.1, -0.05) is 19.1 Å². The standard InChI is InChI=1S/C23H31N3O/c1-4-25(22-7-5-6-19(3)16-22)17-23(27)24-20-8-10-21(11-9-20)26-14-12-18(2)13-15-26/h5-11,16,18H,4,12-15,17H2,1-3H3,(H,24,27). The number of aryl methyl sites for hydroxylation is 1. The van der Waals surface area contributed by atoms with E-state index >= 15 is 0 Å². The minimum atomic E-state index is 0.0119. The molecular weight excluding hydrogens is 334 g/mol. The Balaban J connectivity index is 1.57. The molecule has 0 unspecified atom stereocenters. The van der Waals surface area contributed by atoms with Crippen molar-refractivity contribution in [3.63, 3.8) is 0 Å². The lowest BCUT2D eigenvalue weighted by atomic mass is 9.99. The summed E-state index contributed by atoms with van der Waals surface area (Å²) in [5.41, 5.74) is 4.39. The summed E-state index contributed by atoms with van der Waals surface area (Å²) >= 11 is 0. The molecule has 0 bridgehead atoms. The Hall–Kier alpha value is -2.49. The molecule has 4 nitrogen and oxygen atoms in total. The number of likely N-dealkylation sites (N-methyl/N-ethyl adjacent to an activating group) is 1. The highest BCUT2D eigenvalue weighted by Gasteiger charge is 2.16. The van der Waals surface area contributed by atoms with Gasteiger partial charge in [0.15, 0.2) is 0 Å². The Morgan fingerprint density at radius 2 is 1.85 bits per heavy atom. The highest BCUT2D eigenvalue weighted by Crippen LogP contribution is 2.24. The monoisotopic (exact) mass is 365 g/mol. The van der Waals surface area contributed by atoms with Crippen molar-refractivity contribution in [3.05, 3.63) is 54.1 Å². The molecule has 1 fully saturated rings. The number of anilines is 3. The number of carbonyl (C=O) groups excluding carboxylic acids is 1. The molecule has 0 saturated carbocycles. The molecule has 1 amide bonds. The van der Waals surface area contributed by atoms with Crippen molar-refractivity contribution in [1.82, 2.24) is 0 Å². The molecule has 0 radical (unpaired) electrons. The average molecular weight is 366 g/mol. The topological polar surface area (TPSA) is 35.6 Å². The Morgan fingerprint density at radius 1 is 1.15 bits per heavy atom. The normalized spacial score (nSPS) is 14.9. The summed E-state index contributed by atoms with van der Waals surface area (Å²) < 4.78 is 0. The smallest absolute Gasteiger partial charge is 0.243 e. The van der Waals surface area contributed by atoms with Crippen LogP contribution < -0.4 is 15.1 Å². The number of amides is 1. The molecule has 0 aromatic heterocycles. The summed E-state index contributed by atoms with van der Waals surface area (Å²) in [7, 11) is 0. The van der Waals surface area contributed by atoms with Crippen molar-refractivity contribution in [1.29, 1.82) is 0 Å². The number of rotatable bonds is 6. The van der Waals surface area contributed by atoms with Gasteiger partial charge in [0.2, 0.25) is 5.91 Å². The number of hydrogen-bond donors (Lipinski definition) is 1. The molecule has 2 aromatic carbocycles. The van der Waals surface area contributed by atoms with E-state index in [9.17, 15) is 4.79 Å². The molecule has 27 heavy (non-hydrogen) atoms. The predicted molar refractivity (Wildman–Crippen MR) is 115 cm³/mol. The molecule has 1 aliphatic rings. The molecule has 0 atom stereocenters. The summed E-state index contributed by atoms with van der Waals surface area (Å²) in [5, 5.41) is 3.03. The van der Waals surface area contributed by atoms with Crippen LogP contribution in [0.25, 0.3) is 0 Å². The van der Waals surface area contributed by atoms with Crippen LogP contribution in [0.15, 0.2) is 48.5 Å². The van der Waals surface area contributed by atoms with E-state index in [1.165, 1.54) is 24.1 Å². The van der Waals surface area contributed by atoms with Gasteiger partial charge >= 0.3 is 0 Å². The van der Waals surface area contributed by atoms with Crippen LogP contribution in [0.1, 0.15) is 32.3 Å². The number of hydrogen-bond acceptors (Lipinski definition) is 3. The zero-order valence-electron chi connectivity index (χ0n) is 16.7. The number of carbonyl (C=O) groups is 1. The maximum absolute atomic E-state index is 12.5. The Kier molecular flexibility index (Phi) is 6.38. The summed E-state index contributed by atoms with van der Waals surface area (Å²) in [6.07, 6.45) is 2.51. The van der Waals surface area contributed by atoms with E-state index in [1.54, 1.807) is 0 Å². The summed E-state index contributed by atoms with van der Waals surface area (Å²) in [5.74, 6) is 0.840. The van der Waals surface area contributed by atoms with E-state index in [2.05, 4.69) is 66.2 Å². The lowest BCUT2D eigenvalue weighted by Gasteiger charge is -2.32. The Morgan fingerprint density at radius 3 is 2.48 bits per heavy atom. The first kappa shape index (κ1) is 19.3. The fourth-order valence-electron chi connectivity index (χ4n) is 3.61. The van der Waals surface area contributed by atoms with Gasteiger partial charge in [-0.25, -0.2) is 0 Å². The zero-order chi connectivity index (χ0) is 19.2. The van der Waals surface area contributed by atoms with Gasteiger partial charge in [0.25, 0.3) is 0 Å². The highest BCUT2D eigenvalue weighted by molar-refractivity contribution is 5.94. The van der Waals surface area contributed by atoms with Crippen LogP contribution in [0, 0.1) is 12.8 Å². The van der Waals surface area contributed by atoms with Crippen LogP contribution in [0.4, 0.5) is 17.1 Å². The number of benzene rings is 2. The van der Waals surface area contributed by atoms with E-state index in [0.29, 0.717) is 6.54 Å². The number of nitrogens with one attached hydrogen (secondary N) is 1. The fraction of sp³-hybridized carbons (Fsp3) is 0.435. The average Bonchev–Trinajstić information content (AvgIpc) is 2.67. The van der Waals surface area contributed by atoms with Crippen LogP contribution in [0.5, 0.6) is 0 Å². The number of nitrogens with zero attached hydrogens (tertiary/aromatic N) is 2. The van der Waals surface area contributed by atoms with Gasteiger partial charge in [0.05, 0.1) is 6.54 Å². The van der Waals surface area contributed by atoms with Gasteiger partial charge in [0, 0.05) is 36.7 Å². The SMILES string of the molecule is CCN(CC(=O)Nc1ccc(N2CCC(C)CC2)cc1)c1cccc(C)c1. The second kappa shape index (κ2) is 8.94. The summed E-state index contributed by atoms with van der Waals surface area (Å²) in [6, 6.07) is 16.5. The quantitative estimate of drug-likeness (QED) is 0.806. The van der Waals surface area contributed by atoms with Gasteiger partial charge in [-0.3, -0.25) is 4.79 Å². The zero-order valence-corrected chi connectivity index (χ0v) is 16.7. The highest BCUT2D eigenvalue weighted by atomic mass is 16.2. The van der Waals surface area contributed by atoms with E-state index < -0.39 is 0 Å². The van der Waals surface area contributed by atoms with Crippen molar-refractivity contribution >= 4 is 23.0 Å². The second-order valence-corrected chi connectivity index (χ2v) is 7.62. The van der Waals surface area contributed by atoms with Gasteiger partial charge in [-0.05, 0) is 74.6 Å². The van der Waals surface area contributed by atoms with E-state index in [4.69, 9.17) is 0 Å². The van der Waals surface area contributed by atoms with Crippen LogP contribution >= 0.6 is 0 Å². The lowest BCUT2D eigenvalue weighted by Crippen LogP contribution is -2.33.